The van der Waals surface area contributed by atoms with Crippen molar-refractivity contribution >= 4 is 16.9 Å². The lowest BCUT2D eigenvalue weighted by Crippen LogP contribution is -2.42. The largest absolute Gasteiger partial charge is 0.466 e. The maximum absolute atomic E-state index is 13.5. The molecule has 0 aliphatic carbocycles. The number of piperidine rings is 1. The summed E-state index contributed by atoms with van der Waals surface area (Å²) in [7, 11) is 0. The SMILES string of the molecule is CCOC(=O)C1CCN(C(c2cc3cc(CC)ccc3[nH]c2=O)c2nnnn2Cc2ccc(F)cc2)CC1. The van der Waals surface area contributed by atoms with Crippen molar-refractivity contribution in [1.82, 2.24) is 30.1 Å². The monoisotopic (exact) mass is 518 g/mol. The number of fused-ring (bicyclic) bond motifs is 1. The summed E-state index contributed by atoms with van der Waals surface area (Å²) in [5, 5.41) is 13.4. The third-order valence-corrected chi connectivity index (χ3v) is 7.20. The molecule has 1 fully saturated rings. The number of pyridine rings is 1. The molecule has 1 aliphatic rings. The van der Waals surface area contributed by atoms with Crippen LogP contribution in [0.25, 0.3) is 10.9 Å². The number of tetrazole rings is 1. The highest BCUT2D eigenvalue weighted by molar-refractivity contribution is 5.80. The molecule has 1 unspecified atom stereocenters. The van der Waals surface area contributed by atoms with Gasteiger partial charge in [0.2, 0.25) is 0 Å². The van der Waals surface area contributed by atoms with E-state index in [9.17, 15) is 14.0 Å². The Bertz CT molecular complexity index is 1470. The summed E-state index contributed by atoms with van der Waals surface area (Å²) in [6.45, 7) is 5.72. The number of nitrogens with zero attached hydrogens (tertiary/aromatic N) is 5. The number of nitrogens with one attached hydrogen (secondary N) is 1. The zero-order valence-electron chi connectivity index (χ0n) is 21.6. The van der Waals surface area contributed by atoms with Crippen LogP contribution in [0.15, 0.2) is 53.3 Å². The minimum atomic E-state index is -0.535. The zero-order chi connectivity index (χ0) is 26.6. The lowest BCUT2D eigenvalue weighted by atomic mass is 9.93. The molecule has 38 heavy (non-hydrogen) atoms. The fraction of sp³-hybridized carbons (Fsp3) is 0.393. The van der Waals surface area contributed by atoms with E-state index in [4.69, 9.17) is 4.74 Å². The first-order valence-corrected chi connectivity index (χ1v) is 13.0. The molecule has 1 saturated heterocycles. The molecule has 198 valence electrons. The topological polar surface area (TPSA) is 106 Å². The summed E-state index contributed by atoms with van der Waals surface area (Å²) in [5.74, 6) is -0.160. The molecule has 10 heteroatoms. The number of benzene rings is 2. The Kier molecular flexibility index (Phi) is 7.59. The fourth-order valence-corrected chi connectivity index (χ4v) is 5.13. The van der Waals surface area contributed by atoms with Crippen molar-refractivity contribution in [2.75, 3.05) is 19.7 Å². The first kappa shape index (κ1) is 25.7. The summed E-state index contributed by atoms with van der Waals surface area (Å²) in [6.07, 6.45) is 2.10. The predicted molar refractivity (Wildman–Crippen MR) is 140 cm³/mol. The Morgan fingerprint density at radius 3 is 2.55 bits per heavy atom. The van der Waals surface area contributed by atoms with Gasteiger partial charge in [-0.1, -0.05) is 25.1 Å². The number of H-pyrrole nitrogens is 1. The van der Waals surface area contributed by atoms with Gasteiger partial charge in [-0.25, -0.2) is 9.07 Å². The van der Waals surface area contributed by atoms with Crippen molar-refractivity contribution < 1.29 is 13.9 Å². The molecule has 0 radical (unpaired) electrons. The van der Waals surface area contributed by atoms with E-state index in [1.54, 1.807) is 23.7 Å². The van der Waals surface area contributed by atoms with Crippen molar-refractivity contribution in [3.05, 3.63) is 87.2 Å². The molecule has 3 heterocycles. The van der Waals surface area contributed by atoms with E-state index >= 15 is 0 Å². The fourth-order valence-electron chi connectivity index (χ4n) is 5.13. The number of carbonyl (C=O) groups excluding carboxylic acids is 1. The van der Waals surface area contributed by atoms with E-state index in [-0.39, 0.29) is 23.3 Å². The Morgan fingerprint density at radius 2 is 1.84 bits per heavy atom. The van der Waals surface area contributed by atoms with Crippen LogP contribution in [0.3, 0.4) is 0 Å². The lowest BCUT2D eigenvalue weighted by Gasteiger charge is -2.36. The molecule has 0 bridgehead atoms. The average Bonchev–Trinajstić information content (AvgIpc) is 3.38. The van der Waals surface area contributed by atoms with Gasteiger partial charge in [0, 0.05) is 24.2 Å². The van der Waals surface area contributed by atoms with Gasteiger partial charge in [0.25, 0.3) is 5.56 Å². The van der Waals surface area contributed by atoms with Crippen molar-refractivity contribution in [2.24, 2.45) is 5.92 Å². The minimum absolute atomic E-state index is 0.177. The van der Waals surface area contributed by atoms with Crippen LogP contribution in [0.5, 0.6) is 0 Å². The van der Waals surface area contributed by atoms with Crippen LogP contribution in [0.4, 0.5) is 4.39 Å². The summed E-state index contributed by atoms with van der Waals surface area (Å²) >= 11 is 0. The smallest absolute Gasteiger partial charge is 0.309 e. The maximum atomic E-state index is 13.5. The molecule has 1 N–H and O–H groups in total. The van der Waals surface area contributed by atoms with Gasteiger partial charge in [0.05, 0.1) is 19.1 Å². The number of halogens is 1. The van der Waals surface area contributed by atoms with Gasteiger partial charge in [-0.2, -0.15) is 0 Å². The Morgan fingerprint density at radius 1 is 1.11 bits per heavy atom. The summed E-state index contributed by atoms with van der Waals surface area (Å²) in [6, 6.07) is 13.6. The van der Waals surface area contributed by atoms with Crippen molar-refractivity contribution in [3.8, 4) is 0 Å². The third-order valence-electron chi connectivity index (χ3n) is 7.20. The maximum Gasteiger partial charge on any atom is 0.309 e. The molecular formula is C28H31FN6O3. The summed E-state index contributed by atoms with van der Waals surface area (Å²) in [4.78, 5) is 31.0. The first-order chi connectivity index (χ1) is 18.5. The molecular weight excluding hydrogens is 487 g/mol. The number of aryl methyl sites for hydroxylation is 1. The number of rotatable bonds is 8. The molecule has 1 atom stereocenters. The number of hydrogen-bond donors (Lipinski definition) is 1. The van der Waals surface area contributed by atoms with Crippen molar-refractivity contribution in [3.63, 3.8) is 0 Å². The van der Waals surface area contributed by atoms with E-state index in [0.29, 0.717) is 50.5 Å². The number of aromatic nitrogens is 5. The molecule has 1 aliphatic heterocycles. The first-order valence-electron chi connectivity index (χ1n) is 13.0. The van der Waals surface area contributed by atoms with Crippen molar-refractivity contribution in [2.45, 2.75) is 45.7 Å². The van der Waals surface area contributed by atoms with Crippen LogP contribution in [-0.2, 0) is 22.5 Å². The predicted octanol–water partition coefficient (Wildman–Crippen LogP) is 3.63. The van der Waals surface area contributed by atoms with Crippen LogP contribution in [0.1, 0.15) is 55.2 Å². The number of ether oxygens (including phenoxy) is 1. The van der Waals surface area contributed by atoms with Gasteiger partial charge in [-0.3, -0.25) is 14.5 Å². The van der Waals surface area contributed by atoms with E-state index < -0.39 is 6.04 Å². The molecule has 0 amide bonds. The number of aromatic amines is 1. The number of esters is 1. The Labute approximate surface area is 219 Å². The Balaban J connectivity index is 1.55. The molecule has 2 aromatic heterocycles. The van der Waals surface area contributed by atoms with Gasteiger partial charge in [-0.15, -0.1) is 5.10 Å². The number of likely N-dealkylation sites (tertiary alicyclic amines) is 1. The highest BCUT2D eigenvalue weighted by Gasteiger charge is 2.35. The van der Waals surface area contributed by atoms with Crippen molar-refractivity contribution in [1.29, 1.82) is 0 Å². The standard InChI is InChI=1S/C28H31FN6O3/c1-3-18-7-10-24-21(15-18)16-23(27(36)30-24)25(34-13-11-20(12-14-34)28(37)38-4-2)26-31-32-33-35(26)17-19-5-8-22(29)9-6-19/h5-10,15-16,20,25H,3-4,11-14,17H2,1-2H3,(H,30,36). The van der Waals surface area contributed by atoms with E-state index in [2.05, 4.69) is 38.4 Å². The van der Waals surface area contributed by atoms with Crippen LogP contribution in [0, 0.1) is 11.7 Å². The van der Waals surface area contributed by atoms with Gasteiger partial charge >= 0.3 is 5.97 Å². The second kappa shape index (κ2) is 11.2. The van der Waals surface area contributed by atoms with Gasteiger partial charge in [0.1, 0.15) is 11.9 Å². The van der Waals surface area contributed by atoms with E-state index in [1.807, 2.05) is 18.2 Å². The second-order valence-electron chi connectivity index (χ2n) is 9.61. The number of hydrogen-bond acceptors (Lipinski definition) is 7. The average molecular weight is 519 g/mol. The minimum Gasteiger partial charge on any atom is -0.466 e. The molecule has 4 aromatic rings. The lowest BCUT2D eigenvalue weighted by molar-refractivity contribution is -0.149. The molecule has 5 rings (SSSR count). The van der Waals surface area contributed by atoms with Crippen LogP contribution in [0.2, 0.25) is 0 Å². The molecule has 0 saturated carbocycles. The highest BCUT2D eigenvalue weighted by Crippen LogP contribution is 2.31. The molecule has 2 aromatic carbocycles. The van der Waals surface area contributed by atoms with Gasteiger partial charge < -0.3 is 9.72 Å². The van der Waals surface area contributed by atoms with Gasteiger partial charge in [-0.05, 0) is 83.5 Å². The van der Waals surface area contributed by atoms with E-state index in [1.165, 1.54) is 17.7 Å². The third kappa shape index (κ3) is 5.35. The van der Waals surface area contributed by atoms with Crippen LogP contribution in [-0.4, -0.2) is 55.8 Å². The zero-order valence-corrected chi connectivity index (χ0v) is 21.6. The van der Waals surface area contributed by atoms with Crippen LogP contribution >= 0.6 is 0 Å². The molecule has 0 spiro atoms. The summed E-state index contributed by atoms with van der Waals surface area (Å²) < 4.78 is 20.4. The Hall–Kier alpha value is -3.92. The van der Waals surface area contributed by atoms with Crippen LogP contribution < -0.4 is 5.56 Å². The normalized spacial score (nSPS) is 15.6. The summed E-state index contributed by atoms with van der Waals surface area (Å²) in [5.41, 5.74) is 3.09. The van der Waals surface area contributed by atoms with Gasteiger partial charge in [0.15, 0.2) is 5.82 Å². The molecule has 9 nitrogen and oxygen atoms in total. The second-order valence-corrected chi connectivity index (χ2v) is 9.61. The number of carbonyl (C=O) groups is 1. The van der Waals surface area contributed by atoms with E-state index in [0.717, 1.165) is 22.9 Å². The quantitative estimate of drug-likeness (QED) is 0.355. The highest BCUT2D eigenvalue weighted by atomic mass is 19.1.